The molecule has 1 aliphatic rings. The van der Waals surface area contributed by atoms with Crippen molar-refractivity contribution in [2.45, 2.75) is 6.42 Å². The number of nitrogens with one attached hydrogen (secondary N) is 1. The van der Waals surface area contributed by atoms with Crippen LogP contribution in [0.4, 0.5) is 10.8 Å². The van der Waals surface area contributed by atoms with Gasteiger partial charge in [0.25, 0.3) is 5.91 Å². The highest BCUT2D eigenvalue weighted by Gasteiger charge is 2.25. The van der Waals surface area contributed by atoms with Crippen LogP contribution in [-0.4, -0.2) is 59.7 Å². The van der Waals surface area contributed by atoms with Gasteiger partial charge in [-0.15, -0.1) is 0 Å². The fourth-order valence-corrected chi connectivity index (χ4v) is 4.52. The van der Waals surface area contributed by atoms with Crippen molar-refractivity contribution in [2.24, 2.45) is 0 Å². The van der Waals surface area contributed by atoms with Crippen LogP contribution in [0.5, 0.6) is 0 Å². The minimum Gasteiger partial charge on any atom is -0.481 e. The van der Waals surface area contributed by atoms with Gasteiger partial charge in [0, 0.05) is 56.4 Å². The SMILES string of the molecule is O=C(O)CCNC(=O)c1sc(N2CCN(c3ccncc3)CC2)nc1-c1ccccc1. The highest BCUT2D eigenvalue weighted by atomic mass is 32.1. The van der Waals surface area contributed by atoms with Gasteiger partial charge in [0.1, 0.15) is 4.88 Å². The lowest BCUT2D eigenvalue weighted by Crippen LogP contribution is -2.46. The van der Waals surface area contributed by atoms with Gasteiger partial charge in [-0.1, -0.05) is 41.7 Å². The fraction of sp³-hybridized carbons (Fsp3) is 0.273. The lowest BCUT2D eigenvalue weighted by Gasteiger charge is -2.35. The van der Waals surface area contributed by atoms with Crippen LogP contribution in [0.25, 0.3) is 11.3 Å². The summed E-state index contributed by atoms with van der Waals surface area (Å²) in [5, 5.41) is 12.3. The molecule has 160 valence electrons. The van der Waals surface area contributed by atoms with E-state index in [0.717, 1.165) is 42.6 Å². The zero-order valence-electron chi connectivity index (χ0n) is 16.9. The summed E-state index contributed by atoms with van der Waals surface area (Å²) in [4.78, 5) is 37.4. The zero-order valence-corrected chi connectivity index (χ0v) is 17.7. The first-order valence-electron chi connectivity index (χ1n) is 10.1. The van der Waals surface area contributed by atoms with Gasteiger partial charge in [0.15, 0.2) is 5.13 Å². The molecule has 3 heterocycles. The average molecular weight is 438 g/mol. The molecule has 0 saturated carbocycles. The van der Waals surface area contributed by atoms with Crippen LogP contribution in [0.1, 0.15) is 16.1 Å². The van der Waals surface area contributed by atoms with Gasteiger partial charge in [-0.2, -0.15) is 0 Å². The van der Waals surface area contributed by atoms with Crippen LogP contribution in [-0.2, 0) is 4.79 Å². The van der Waals surface area contributed by atoms with Crippen LogP contribution in [0.3, 0.4) is 0 Å². The number of aliphatic carboxylic acids is 1. The van der Waals surface area contributed by atoms with E-state index in [-0.39, 0.29) is 18.9 Å². The number of nitrogens with zero attached hydrogens (tertiary/aromatic N) is 4. The van der Waals surface area contributed by atoms with Gasteiger partial charge in [0.05, 0.1) is 12.1 Å². The van der Waals surface area contributed by atoms with E-state index in [2.05, 4.69) is 20.1 Å². The molecule has 9 heteroatoms. The number of rotatable bonds is 7. The van der Waals surface area contributed by atoms with E-state index in [1.54, 1.807) is 12.4 Å². The molecule has 2 N–H and O–H groups in total. The van der Waals surface area contributed by atoms with E-state index in [0.29, 0.717) is 10.6 Å². The van der Waals surface area contributed by atoms with Gasteiger partial charge >= 0.3 is 5.97 Å². The molecule has 8 nitrogen and oxygen atoms in total. The van der Waals surface area contributed by atoms with Gasteiger partial charge in [-0.3, -0.25) is 14.6 Å². The molecule has 2 aromatic heterocycles. The van der Waals surface area contributed by atoms with E-state index in [1.165, 1.54) is 11.3 Å². The summed E-state index contributed by atoms with van der Waals surface area (Å²) in [5.74, 6) is -1.24. The number of carbonyl (C=O) groups excluding carboxylic acids is 1. The Hall–Kier alpha value is -3.46. The molecule has 4 rings (SSSR count). The van der Waals surface area contributed by atoms with Crippen molar-refractivity contribution in [3.8, 4) is 11.3 Å². The first-order chi connectivity index (χ1) is 15.1. The highest BCUT2D eigenvalue weighted by molar-refractivity contribution is 7.18. The Morgan fingerprint density at radius 3 is 2.35 bits per heavy atom. The number of carboxylic acid groups (broad SMARTS) is 1. The second kappa shape index (κ2) is 9.57. The Bertz CT molecular complexity index is 1030. The molecule has 31 heavy (non-hydrogen) atoms. The standard InChI is InChI=1S/C22H23N5O3S/c28-18(29)8-11-24-21(30)20-19(16-4-2-1-3-5-16)25-22(31-20)27-14-12-26(13-15-27)17-6-9-23-10-7-17/h1-7,9-10H,8,11-15H2,(H,24,30)(H,28,29). The second-order valence-electron chi connectivity index (χ2n) is 7.12. The van der Waals surface area contributed by atoms with Crippen LogP contribution in [0.2, 0.25) is 0 Å². The number of amides is 1. The molecular formula is C22H23N5O3S. The van der Waals surface area contributed by atoms with E-state index >= 15 is 0 Å². The van der Waals surface area contributed by atoms with Crippen molar-refractivity contribution in [3.05, 3.63) is 59.7 Å². The molecule has 0 radical (unpaired) electrons. The summed E-state index contributed by atoms with van der Waals surface area (Å²) in [6.45, 7) is 3.38. The molecular weight excluding hydrogens is 414 g/mol. The number of pyridine rings is 1. The number of hydrogen-bond donors (Lipinski definition) is 2. The zero-order chi connectivity index (χ0) is 21.6. The van der Waals surface area contributed by atoms with Crippen molar-refractivity contribution in [1.82, 2.24) is 15.3 Å². The van der Waals surface area contributed by atoms with E-state index < -0.39 is 5.97 Å². The number of benzene rings is 1. The fourth-order valence-electron chi connectivity index (χ4n) is 3.46. The Balaban J connectivity index is 1.52. The van der Waals surface area contributed by atoms with E-state index in [1.807, 2.05) is 42.5 Å². The number of anilines is 2. The third-order valence-electron chi connectivity index (χ3n) is 5.07. The van der Waals surface area contributed by atoms with Crippen molar-refractivity contribution in [1.29, 1.82) is 0 Å². The van der Waals surface area contributed by atoms with Gasteiger partial charge in [-0.05, 0) is 12.1 Å². The lowest BCUT2D eigenvalue weighted by molar-refractivity contribution is -0.136. The predicted molar refractivity (Wildman–Crippen MR) is 121 cm³/mol. The van der Waals surface area contributed by atoms with Crippen molar-refractivity contribution >= 4 is 34.0 Å². The van der Waals surface area contributed by atoms with Crippen LogP contribution in [0.15, 0.2) is 54.9 Å². The first-order valence-corrected chi connectivity index (χ1v) is 10.9. The maximum absolute atomic E-state index is 12.8. The molecule has 1 saturated heterocycles. The molecule has 0 unspecified atom stereocenters. The number of aromatic nitrogens is 2. The molecule has 0 atom stereocenters. The molecule has 0 spiro atoms. The number of piperazine rings is 1. The van der Waals surface area contributed by atoms with Crippen LogP contribution < -0.4 is 15.1 Å². The lowest BCUT2D eigenvalue weighted by atomic mass is 10.1. The highest BCUT2D eigenvalue weighted by Crippen LogP contribution is 2.34. The summed E-state index contributed by atoms with van der Waals surface area (Å²) >= 11 is 1.35. The Labute approximate surface area is 184 Å². The summed E-state index contributed by atoms with van der Waals surface area (Å²) < 4.78 is 0. The van der Waals surface area contributed by atoms with Gasteiger partial charge in [0.2, 0.25) is 0 Å². The Kier molecular flexibility index (Phi) is 6.42. The van der Waals surface area contributed by atoms with Gasteiger partial charge in [-0.25, -0.2) is 4.98 Å². The topological polar surface area (TPSA) is 98.7 Å². The van der Waals surface area contributed by atoms with Crippen LogP contribution >= 0.6 is 11.3 Å². The molecule has 0 aliphatic carbocycles. The molecule has 1 aliphatic heterocycles. The second-order valence-corrected chi connectivity index (χ2v) is 8.10. The number of carbonyl (C=O) groups is 2. The number of carboxylic acids is 1. The largest absolute Gasteiger partial charge is 0.481 e. The summed E-state index contributed by atoms with van der Waals surface area (Å²) in [6, 6.07) is 13.6. The molecule has 1 amide bonds. The third kappa shape index (κ3) is 5.00. The van der Waals surface area contributed by atoms with E-state index in [9.17, 15) is 9.59 Å². The average Bonchev–Trinajstić information content (AvgIpc) is 3.26. The Morgan fingerprint density at radius 1 is 1.00 bits per heavy atom. The minimum atomic E-state index is -0.944. The van der Waals surface area contributed by atoms with Crippen molar-refractivity contribution in [2.75, 3.05) is 42.5 Å². The maximum atomic E-state index is 12.8. The summed E-state index contributed by atoms with van der Waals surface area (Å²) in [5.41, 5.74) is 2.64. The molecule has 1 fully saturated rings. The predicted octanol–water partition coefficient (Wildman–Crippen LogP) is 2.74. The molecule has 3 aromatic rings. The monoisotopic (exact) mass is 437 g/mol. The number of thiazole rings is 1. The van der Waals surface area contributed by atoms with Gasteiger partial charge < -0.3 is 20.2 Å². The number of hydrogen-bond acceptors (Lipinski definition) is 7. The van der Waals surface area contributed by atoms with Crippen molar-refractivity contribution < 1.29 is 14.7 Å². The Morgan fingerprint density at radius 2 is 1.68 bits per heavy atom. The minimum absolute atomic E-state index is 0.0836. The summed E-state index contributed by atoms with van der Waals surface area (Å²) in [7, 11) is 0. The van der Waals surface area contributed by atoms with Crippen molar-refractivity contribution in [3.63, 3.8) is 0 Å². The maximum Gasteiger partial charge on any atom is 0.305 e. The molecule has 0 bridgehead atoms. The smallest absolute Gasteiger partial charge is 0.305 e. The normalized spacial score (nSPS) is 13.8. The first kappa shape index (κ1) is 20.8. The van der Waals surface area contributed by atoms with E-state index in [4.69, 9.17) is 10.1 Å². The molecule has 1 aromatic carbocycles. The quantitative estimate of drug-likeness (QED) is 0.586. The summed E-state index contributed by atoms with van der Waals surface area (Å²) in [6.07, 6.45) is 3.48. The third-order valence-corrected chi connectivity index (χ3v) is 6.19. The van der Waals surface area contributed by atoms with Crippen LogP contribution in [0, 0.1) is 0 Å².